The molecule has 2 amide bonds. The second-order valence-electron chi connectivity index (χ2n) is 3.21. The molecule has 3 N–H and O–H groups in total. The van der Waals surface area contributed by atoms with E-state index in [0.717, 1.165) is 19.3 Å². The van der Waals surface area contributed by atoms with E-state index in [1.165, 1.54) is 7.11 Å². The maximum Gasteiger partial charge on any atom is 0.407 e. The van der Waals surface area contributed by atoms with Crippen molar-refractivity contribution in [1.82, 2.24) is 5.32 Å². The fourth-order valence-electron chi connectivity index (χ4n) is 1.38. The second-order valence-corrected chi connectivity index (χ2v) is 3.21. The Morgan fingerprint density at radius 1 is 1.54 bits per heavy atom. The summed E-state index contributed by atoms with van der Waals surface area (Å²) in [5, 5.41) is 2.43. The standard InChI is InChI=1S/C8H14N2O3/c1-13-8(12)10-6(7(9)11)5-3-2-4-5/h5-6H,2-4H2,1H3,(H2,9,11)(H,10,12). The lowest BCUT2D eigenvalue weighted by Crippen LogP contribution is -2.50. The minimum atomic E-state index is -0.601. The van der Waals surface area contributed by atoms with Crippen molar-refractivity contribution >= 4 is 12.0 Å². The molecular formula is C8H14N2O3. The Morgan fingerprint density at radius 3 is 2.46 bits per heavy atom. The summed E-state index contributed by atoms with van der Waals surface area (Å²) in [7, 11) is 1.26. The van der Waals surface area contributed by atoms with Gasteiger partial charge in [0, 0.05) is 0 Å². The molecule has 1 aliphatic carbocycles. The van der Waals surface area contributed by atoms with Crippen molar-refractivity contribution in [3.8, 4) is 0 Å². The van der Waals surface area contributed by atoms with Crippen LogP contribution in [0.2, 0.25) is 0 Å². The molecule has 13 heavy (non-hydrogen) atoms. The quantitative estimate of drug-likeness (QED) is 0.650. The van der Waals surface area contributed by atoms with E-state index in [1.807, 2.05) is 0 Å². The lowest BCUT2D eigenvalue weighted by atomic mass is 9.79. The Morgan fingerprint density at radius 2 is 2.15 bits per heavy atom. The van der Waals surface area contributed by atoms with Gasteiger partial charge in [0.1, 0.15) is 6.04 Å². The van der Waals surface area contributed by atoms with Crippen LogP contribution in [0.15, 0.2) is 0 Å². The average Bonchev–Trinajstić information content (AvgIpc) is 1.99. The Bertz CT molecular complexity index is 213. The number of carbonyl (C=O) groups excluding carboxylic acids is 2. The highest BCUT2D eigenvalue weighted by molar-refractivity contribution is 5.84. The number of rotatable bonds is 3. The Kier molecular flexibility index (Phi) is 3.11. The Hall–Kier alpha value is -1.26. The van der Waals surface area contributed by atoms with Gasteiger partial charge in [-0.05, 0) is 18.8 Å². The predicted molar refractivity (Wildman–Crippen MR) is 45.9 cm³/mol. The summed E-state index contributed by atoms with van der Waals surface area (Å²) in [5.41, 5.74) is 5.14. The SMILES string of the molecule is COC(=O)NC(C(N)=O)C1CCC1. The Labute approximate surface area is 76.6 Å². The molecule has 0 heterocycles. The summed E-state index contributed by atoms with van der Waals surface area (Å²) in [4.78, 5) is 21.8. The van der Waals surface area contributed by atoms with Crippen LogP contribution in [0, 0.1) is 5.92 Å². The van der Waals surface area contributed by atoms with Crippen molar-refractivity contribution in [3.05, 3.63) is 0 Å². The smallest absolute Gasteiger partial charge is 0.407 e. The zero-order chi connectivity index (χ0) is 9.84. The molecule has 0 aromatic heterocycles. The molecule has 0 aliphatic heterocycles. The fraction of sp³-hybridized carbons (Fsp3) is 0.750. The zero-order valence-corrected chi connectivity index (χ0v) is 7.58. The molecule has 5 nitrogen and oxygen atoms in total. The number of hydrogen-bond donors (Lipinski definition) is 2. The first-order chi connectivity index (χ1) is 6.15. The van der Waals surface area contributed by atoms with Crippen molar-refractivity contribution in [2.24, 2.45) is 11.7 Å². The molecular weight excluding hydrogens is 172 g/mol. The molecule has 1 unspecified atom stereocenters. The molecule has 0 aromatic rings. The van der Waals surface area contributed by atoms with Crippen molar-refractivity contribution in [2.75, 3.05) is 7.11 Å². The van der Waals surface area contributed by atoms with Gasteiger partial charge in [0.2, 0.25) is 5.91 Å². The molecule has 1 aliphatic rings. The van der Waals surface area contributed by atoms with Gasteiger partial charge < -0.3 is 15.8 Å². The van der Waals surface area contributed by atoms with Crippen molar-refractivity contribution in [2.45, 2.75) is 25.3 Å². The molecule has 74 valence electrons. The number of nitrogens with two attached hydrogens (primary N) is 1. The van der Waals surface area contributed by atoms with Gasteiger partial charge in [-0.1, -0.05) is 6.42 Å². The highest BCUT2D eigenvalue weighted by Gasteiger charge is 2.32. The number of amides is 2. The molecule has 0 aromatic carbocycles. The molecule has 0 radical (unpaired) electrons. The van der Waals surface area contributed by atoms with Gasteiger partial charge in [-0.25, -0.2) is 4.79 Å². The molecule has 0 spiro atoms. The topological polar surface area (TPSA) is 81.4 Å². The van der Waals surface area contributed by atoms with E-state index in [2.05, 4.69) is 10.1 Å². The third-order valence-corrected chi connectivity index (χ3v) is 2.39. The van der Waals surface area contributed by atoms with Crippen LogP contribution in [0.1, 0.15) is 19.3 Å². The van der Waals surface area contributed by atoms with E-state index in [1.54, 1.807) is 0 Å². The summed E-state index contributed by atoms with van der Waals surface area (Å²) in [6.07, 6.45) is 2.38. The van der Waals surface area contributed by atoms with E-state index in [-0.39, 0.29) is 5.92 Å². The van der Waals surface area contributed by atoms with Gasteiger partial charge in [-0.2, -0.15) is 0 Å². The van der Waals surface area contributed by atoms with Crippen LogP contribution in [0.25, 0.3) is 0 Å². The number of carbonyl (C=O) groups is 2. The van der Waals surface area contributed by atoms with Crippen LogP contribution in [-0.2, 0) is 9.53 Å². The predicted octanol–water partition coefficient (Wildman–Crippen LogP) is -0.00360. The van der Waals surface area contributed by atoms with Gasteiger partial charge in [0.15, 0.2) is 0 Å². The summed E-state index contributed by atoms with van der Waals surface area (Å²) in [5.74, 6) is -0.299. The Balaban J connectivity index is 2.46. The summed E-state index contributed by atoms with van der Waals surface area (Å²) < 4.78 is 4.39. The summed E-state index contributed by atoms with van der Waals surface area (Å²) >= 11 is 0. The molecule has 1 rings (SSSR count). The van der Waals surface area contributed by atoms with E-state index in [4.69, 9.17) is 5.73 Å². The number of hydrogen-bond acceptors (Lipinski definition) is 3. The second kappa shape index (κ2) is 4.11. The van der Waals surface area contributed by atoms with E-state index in [9.17, 15) is 9.59 Å². The van der Waals surface area contributed by atoms with Crippen LogP contribution in [0.5, 0.6) is 0 Å². The van der Waals surface area contributed by atoms with E-state index < -0.39 is 18.0 Å². The monoisotopic (exact) mass is 186 g/mol. The first-order valence-electron chi connectivity index (χ1n) is 4.29. The zero-order valence-electron chi connectivity index (χ0n) is 7.58. The van der Waals surface area contributed by atoms with Crippen LogP contribution in [-0.4, -0.2) is 25.2 Å². The highest BCUT2D eigenvalue weighted by atomic mass is 16.5. The minimum absolute atomic E-state index is 0.191. The average molecular weight is 186 g/mol. The van der Waals surface area contributed by atoms with E-state index in [0.29, 0.717) is 0 Å². The van der Waals surface area contributed by atoms with Gasteiger partial charge in [-0.15, -0.1) is 0 Å². The molecule has 1 atom stereocenters. The van der Waals surface area contributed by atoms with Crippen LogP contribution in [0.4, 0.5) is 4.79 Å². The summed E-state index contributed by atoms with van der Waals surface area (Å²) in [6, 6.07) is -0.568. The van der Waals surface area contributed by atoms with Crippen molar-refractivity contribution < 1.29 is 14.3 Å². The largest absolute Gasteiger partial charge is 0.453 e. The summed E-state index contributed by atoms with van der Waals surface area (Å²) in [6.45, 7) is 0. The van der Waals surface area contributed by atoms with Crippen molar-refractivity contribution in [1.29, 1.82) is 0 Å². The number of nitrogens with one attached hydrogen (secondary N) is 1. The molecule has 1 saturated carbocycles. The number of ether oxygens (including phenoxy) is 1. The molecule has 1 fully saturated rings. The van der Waals surface area contributed by atoms with Gasteiger partial charge >= 0.3 is 6.09 Å². The first kappa shape index (κ1) is 9.83. The number of primary amides is 1. The maximum absolute atomic E-state index is 10.9. The van der Waals surface area contributed by atoms with Crippen LogP contribution in [0.3, 0.4) is 0 Å². The lowest BCUT2D eigenvalue weighted by Gasteiger charge is -2.31. The van der Waals surface area contributed by atoms with Gasteiger partial charge in [0.05, 0.1) is 7.11 Å². The third-order valence-electron chi connectivity index (χ3n) is 2.39. The third kappa shape index (κ3) is 2.34. The normalized spacial score (nSPS) is 18.5. The van der Waals surface area contributed by atoms with Crippen LogP contribution >= 0.6 is 0 Å². The van der Waals surface area contributed by atoms with Gasteiger partial charge in [-0.3, -0.25) is 4.79 Å². The molecule has 0 saturated heterocycles. The lowest BCUT2D eigenvalue weighted by molar-refractivity contribution is -0.121. The fourth-order valence-corrected chi connectivity index (χ4v) is 1.38. The van der Waals surface area contributed by atoms with Crippen molar-refractivity contribution in [3.63, 3.8) is 0 Å². The van der Waals surface area contributed by atoms with E-state index >= 15 is 0 Å². The highest BCUT2D eigenvalue weighted by Crippen LogP contribution is 2.29. The maximum atomic E-state index is 10.9. The number of methoxy groups -OCH3 is 1. The molecule has 5 heteroatoms. The van der Waals surface area contributed by atoms with Crippen LogP contribution < -0.4 is 11.1 Å². The molecule has 0 bridgehead atoms. The minimum Gasteiger partial charge on any atom is -0.453 e. The first-order valence-corrected chi connectivity index (χ1v) is 4.29. The number of alkyl carbamates (subject to hydrolysis) is 1. The van der Waals surface area contributed by atoms with Gasteiger partial charge in [0.25, 0.3) is 0 Å².